The van der Waals surface area contributed by atoms with E-state index < -0.39 is 29.0 Å². The lowest BCUT2D eigenvalue weighted by Crippen LogP contribution is -2.06. The minimum Gasteiger partial charge on any atom is -0.492 e. The molecule has 1 atom stereocenters. The van der Waals surface area contributed by atoms with E-state index in [-0.39, 0.29) is 21.9 Å². The molecule has 4 rings (SSSR count). The molecule has 0 amide bonds. The highest BCUT2D eigenvalue weighted by atomic mass is 32.2. The van der Waals surface area contributed by atoms with Crippen LogP contribution < -0.4 is 14.2 Å². The fourth-order valence-electron chi connectivity index (χ4n) is 3.32. The molecule has 1 N–H and O–H groups in total. The lowest BCUT2D eigenvalue weighted by molar-refractivity contribution is -0.0520. The molecule has 34 heavy (non-hydrogen) atoms. The second-order valence-corrected chi connectivity index (χ2v) is 8.58. The lowest BCUT2D eigenvalue weighted by atomic mass is 10.2. The van der Waals surface area contributed by atoms with Crippen molar-refractivity contribution in [3.05, 3.63) is 71.3 Å². The largest absolute Gasteiger partial charge is 0.492 e. The van der Waals surface area contributed by atoms with Crippen molar-refractivity contribution in [2.45, 2.75) is 31.1 Å². The second-order valence-electron chi connectivity index (χ2n) is 7.21. The van der Waals surface area contributed by atoms with E-state index >= 15 is 0 Å². The van der Waals surface area contributed by atoms with Crippen LogP contribution in [0.4, 0.5) is 13.2 Å². The highest BCUT2D eigenvalue weighted by Gasteiger charge is 2.19. The summed E-state index contributed by atoms with van der Waals surface area (Å²) in [5, 5.41) is 0.0492. The Kier molecular flexibility index (Phi) is 7.01. The Bertz CT molecular complexity index is 1330. The standard InChI is InChI=1S/C23H20F3N3O4S/c1-13-18(27-10-20(21(13)31-2)32-11-14-6-4-3-5-7-14)12-34(30)23-28-16-8-15(24)19(33-22(25)26)9-17(16)29-23/h3-10,22H,11-12H2,1-2H3,(H,28,29). The zero-order valence-corrected chi connectivity index (χ0v) is 19.0. The number of methoxy groups -OCH3 is 1. The molecule has 178 valence electrons. The molecule has 0 aliphatic carbocycles. The van der Waals surface area contributed by atoms with E-state index in [1.54, 1.807) is 6.92 Å². The molecule has 1 unspecified atom stereocenters. The number of hydrogen-bond acceptors (Lipinski definition) is 6. The molecular formula is C23H20F3N3O4S. The highest BCUT2D eigenvalue weighted by molar-refractivity contribution is 7.84. The zero-order valence-electron chi connectivity index (χ0n) is 18.2. The van der Waals surface area contributed by atoms with Gasteiger partial charge in [0, 0.05) is 17.7 Å². The van der Waals surface area contributed by atoms with Crippen LogP contribution in [-0.2, 0) is 23.2 Å². The maximum Gasteiger partial charge on any atom is 0.387 e. The van der Waals surface area contributed by atoms with Crippen LogP contribution in [0.5, 0.6) is 17.2 Å². The molecule has 0 saturated carbocycles. The smallest absolute Gasteiger partial charge is 0.387 e. The summed E-state index contributed by atoms with van der Waals surface area (Å²) in [6.45, 7) is -1.07. The van der Waals surface area contributed by atoms with Crippen molar-refractivity contribution in [3.63, 3.8) is 0 Å². The minimum atomic E-state index is -3.18. The van der Waals surface area contributed by atoms with Gasteiger partial charge in [0.05, 0.1) is 46.6 Å². The van der Waals surface area contributed by atoms with Gasteiger partial charge in [0.2, 0.25) is 0 Å². The van der Waals surface area contributed by atoms with Gasteiger partial charge in [-0.05, 0) is 12.5 Å². The number of aromatic amines is 1. The number of imidazole rings is 1. The molecule has 2 aromatic carbocycles. The molecule has 0 aliphatic heterocycles. The molecule has 11 heteroatoms. The lowest BCUT2D eigenvalue weighted by Gasteiger charge is -2.15. The van der Waals surface area contributed by atoms with Gasteiger partial charge < -0.3 is 19.2 Å². The Labute approximate surface area is 195 Å². The first kappa shape index (κ1) is 23.6. The number of nitrogens with one attached hydrogen (secondary N) is 1. The average Bonchev–Trinajstić information content (AvgIpc) is 3.22. The van der Waals surface area contributed by atoms with E-state index in [0.29, 0.717) is 29.4 Å². The molecule has 4 aromatic rings. The number of halogens is 3. The Hall–Kier alpha value is -3.60. The van der Waals surface area contributed by atoms with Crippen molar-refractivity contribution < 1.29 is 31.6 Å². The minimum absolute atomic E-state index is 0.0101. The quantitative estimate of drug-likeness (QED) is 0.358. The van der Waals surface area contributed by atoms with Crippen LogP contribution >= 0.6 is 0 Å². The molecule has 7 nitrogen and oxygen atoms in total. The average molecular weight is 491 g/mol. The number of pyridine rings is 1. The van der Waals surface area contributed by atoms with Gasteiger partial charge in [0.15, 0.2) is 28.2 Å². The molecule has 2 aromatic heterocycles. The number of alkyl halides is 2. The SMILES string of the molecule is COc1c(OCc2ccccc2)cnc(CS(=O)c2nc3cc(OC(F)F)c(F)cc3[nH]2)c1C. The number of benzene rings is 2. The number of nitrogens with zero attached hydrogens (tertiary/aromatic N) is 2. The van der Waals surface area contributed by atoms with Gasteiger partial charge in [-0.1, -0.05) is 30.3 Å². The number of aromatic nitrogens is 3. The zero-order chi connectivity index (χ0) is 24.2. The van der Waals surface area contributed by atoms with E-state index in [0.717, 1.165) is 17.7 Å². The summed E-state index contributed by atoms with van der Waals surface area (Å²) in [5.41, 5.74) is 2.48. The first-order chi connectivity index (χ1) is 16.4. The molecule has 0 bridgehead atoms. The first-order valence-corrected chi connectivity index (χ1v) is 11.4. The number of fused-ring (bicyclic) bond motifs is 1. The molecule has 0 saturated heterocycles. The third kappa shape index (κ3) is 5.14. The molecular weight excluding hydrogens is 471 g/mol. The van der Waals surface area contributed by atoms with Crippen molar-refractivity contribution >= 4 is 21.8 Å². The number of hydrogen-bond donors (Lipinski definition) is 1. The third-order valence-electron chi connectivity index (χ3n) is 4.99. The number of ether oxygens (including phenoxy) is 3. The fourth-order valence-corrected chi connectivity index (χ4v) is 4.42. The van der Waals surface area contributed by atoms with Gasteiger partial charge >= 0.3 is 6.61 Å². The Balaban J connectivity index is 1.53. The van der Waals surface area contributed by atoms with Gasteiger partial charge in [-0.3, -0.25) is 9.19 Å². The van der Waals surface area contributed by atoms with Crippen LogP contribution in [0.1, 0.15) is 16.8 Å². The molecule has 0 spiro atoms. The van der Waals surface area contributed by atoms with Gasteiger partial charge in [-0.25, -0.2) is 9.37 Å². The van der Waals surface area contributed by atoms with Crippen LogP contribution in [0.3, 0.4) is 0 Å². The molecule has 2 heterocycles. The van der Waals surface area contributed by atoms with Crippen molar-refractivity contribution in [3.8, 4) is 17.2 Å². The summed E-state index contributed by atoms with van der Waals surface area (Å²) in [5.74, 6) is -0.714. The Morgan fingerprint density at radius 2 is 1.91 bits per heavy atom. The van der Waals surface area contributed by atoms with Crippen LogP contribution in [-0.4, -0.2) is 32.9 Å². The van der Waals surface area contributed by atoms with Crippen LogP contribution in [0.2, 0.25) is 0 Å². The summed E-state index contributed by atoms with van der Waals surface area (Å²) in [7, 11) is -0.183. The number of rotatable bonds is 9. The van der Waals surface area contributed by atoms with Gasteiger partial charge in [-0.2, -0.15) is 8.78 Å². The van der Waals surface area contributed by atoms with Gasteiger partial charge in [0.25, 0.3) is 0 Å². The Morgan fingerprint density at radius 3 is 2.62 bits per heavy atom. The first-order valence-electron chi connectivity index (χ1n) is 10.1. The van der Waals surface area contributed by atoms with E-state index in [4.69, 9.17) is 9.47 Å². The van der Waals surface area contributed by atoms with Crippen LogP contribution in [0.15, 0.2) is 53.8 Å². The molecule has 0 aliphatic rings. The van der Waals surface area contributed by atoms with Gasteiger partial charge in [0.1, 0.15) is 6.61 Å². The van der Waals surface area contributed by atoms with Crippen molar-refractivity contribution in [2.75, 3.05) is 7.11 Å². The van der Waals surface area contributed by atoms with E-state index in [1.165, 1.54) is 13.3 Å². The third-order valence-corrected chi connectivity index (χ3v) is 6.15. The topological polar surface area (TPSA) is 86.3 Å². The van der Waals surface area contributed by atoms with Gasteiger partial charge in [-0.15, -0.1) is 0 Å². The maximum atomic E-state index is 14.0. The van der Waals surface area contributed by atoms with Crippen LogP contribution in [0, 0.1) is 12.7 Å². The normalized spacial score (nSPS) is 12.2. The number of H-pyrrole nitrogens is 1. The van der Waals surface area contributed by atoms with Crippen LogP contribution in [0.25, 0.3) is 11.0 Å². The van der Waals surface area contributed by atoms with Crippen molar-refractivity contribution in [1.82, 2.24) is 15.0 Å². The molecule has 0 radical (unpaired) electrons. The summed E-state index contributed by atoms with van der Waals surface area (Å²) in [6, 6.07) is 11.6. The summed E-state index contributed by atoms with van der Waals surface area (Å²) in [6.07, 6.45) is 1.50. The maximum absolute atomic E-state index is 14.0. The second kappa shape index (κ2) is 10.1. The summed E-state index contributed by atoms with van der Waals surface area (Å²) in [4.78, 5) is 11.3. The van der Waals surface area contributed by atoms with Crippen molar-refractivity contribution in [1.29, 1.82) is 0 Å². The Morgan fingerprint density at radius 1 is 1.15 bits per heavy atom. The molecule has 0 fully saturated rings. The predicted octanol–water partition coefficient (Wildman–Crippen LogP) is 4.90. The fraction of sp³-hybridized carbons (Fsp3) is 0.217. The monoisotopic (exact) mass is 491 g/mol. The predicted molar refractivity (Wildman–Crippen MR) is 119 cm³/mol. The van der Waals surface area contributed by atoms with E-state index in [2.05, 4.69) is 19.7 Å². The highest BCUT2D eigenvalue weighted by Crippen LogP contribution is 2.33. The summed E-state index contributed by atoms with van der Waals surface area (Å²) >= 11 is 0. The summed E-state index contributed by atoms with van der Waals surface area (Å²) < 4.78 is 67.3. The van der Waals surface area contributed by atoms with E-state index in [1.807, 2.05) is 30.3 Å². The van der Waals surface area contributed by atoms with Crippen molar-refractivity contribution in [2.24, 2.45) is 0 Å². The van der Waals surface area contributed by atoms with E-state index in [9.17, 15) is 17.4 Å².